The van der Waals surface area contributed by atoms with Crippen molar-refractivity contribution in [3.05, 3.63) is 92.5 Å². The lowest BCUT2D eigenvalue weighted by atomic mass is 9.95. The molecule has 0 saturated carbocycles. The van der Waals surface area contributed by atoms with Crippen LogP contribution in [0.25, 0.3) is 6.08 Å². The summed E-state index contributed by atoms with van der Waals surface area (Å²) in [4.78, 5) is 27.1. The van der Waals surface area contributed by atoms with E-state index in [1.54, 1.807) is 50.2 Å². The quantitative estimate of drug-likeness (QED) is 0.190. The molecule has 1 N–H and O–H groups in total. The predicted molar refractivity (Wildman–Crippen MR) is 152 cm³/mol. The molecule has 0 atom stereocenters. The first-order valence-electron chi connectivity index (χ1n) is 11.6. The van der Waals surface area contributed by atoms with Crippen molar-refractivity contribution in [3.8, 4) is 5.75 Å². The van der Waals surface area contributed by atoms with Crippen LogP contribution in [0.15, 0.2) is 59.0 Å². The highest BCUT2D eigenvalue weighted by molar-refractivity contribution is 7.87. The largest absolute Gasteiger partial charge is 0.379 e. The van der Waals surface area contributed by atoms with Crippen LogP contribution in [0.4, 0.5) is 5.69 Å². The van der Waals surface area contributed by atoms with Crippen molar-refractivity contribution in [2.45, 2.75) is 39.5 Å². The molecule has 1 aliphatic heterocycles. The molecule has 0 spiro atoms. The third-order valence-corrected chi connectivity index (χ3v) is 8.83. The van der Waals surface area contributed by atoms with Crippen molar-refractivity contribution in [2.75, 3.05) is 4.90 Å². The maximum absolute atomic E-state index is 13.2. The van der Waals surface area contributed by atoms with Gasteiger partial charge in [-0.15, -0.1) is 0 Å². The molecule has 3 aromatic carbocycles. The second-order valence-electron chi connectivity index (χ2n) is 8.99. The van der Waals surface area contributed by atoms with E-state index in [2.05, 4.69) is 5.32 Å². The first-order valence-corrected chi connectivity index (χ1v) is 13.8. The first kappa shape index (κ1) is 27.5. The average molecular weight is 569 g/mol. The highest BCUT2D eigenvalue weighted by atomic mass is 35.5. The number of rotatable bonds is 5. The molecule has 1 aliphatic rings. The van der Waals surface area contributed by atoms with Gasteiger partial charge in [0.1, 0.15) is 16.2 Å². The van der Waals surface area contributed by atoms with Gasteiger partial charge in [0.15, 0.2) is 5.11 Å². The minimum Gasteiger partial charge on any atom is -0.379 e. The zero-order valence-electron chi connectivity index (χ0n) is 21.4. The molecular formula is C28H25ClN2O5S2. The molecule has 0 aromatic heterocycles. The second kappa shape index (κ2) is 10.3. The lowest BCUT2D eigenvalue weighted by Crippen LogP contribution is -2.54. The maximum Gasteiger partial charge on any atom is 0.339 e. The van der Waals surface area contributed by atoms with Crippen molar-refractivity contribution in [1.82, 2.24) is 5.32 Å². The SMILES string of the molecule is Cc1c(C)c(C)c(S(=O)(=O)Oc2ccc(/C=C3/C(=O)NC(=S)N(c4ccc(Cl)cc4)C3=O)cc2)c(C)c1C. The maximum atomic E-state index is 13.2. The van der Waals surface area contributed by atoms with Gasteiger partial charge in [-0.05, 0) is 123 Å². The van der Waals surface area contributed by atoms with Gasteiger partial charge >= 0.3 is 10.1 Å². The Kier molecular flexibility index (Phi) is 7.47. The molecule has 1 fully saturated rings. The van der Waals surface area contributed by atoms with Crippen LogP contribution in [0.2, 0.25) is 5.02 Å². The van der Waals surface area contributed by atoms with Gasteiger partial charge in [0.05, 0.1) is 5.69 Å². The minimum atomic E-state index is -4.11. The summed E-state index contributed by atoms with van der Waals surface area (Å²) in [5.41, 5.74) is 4.97. The lowest BCUT2D eigenvalue weighted by Gasteiger charge is -2.28. The number of carbonyl (C=O) groups excluding carboxylic acids is 2. The standard InChI is InChI=1S/C28H25ClN2O5S2/c1-15-16(2)18(4)25(19(5)17(15)3)38(34,35)36-23-12-6-20(7-13-23)14-24-26(32)30-28(37)31(27(24)33)22-10-8-21(29)9-11-22/h6-14H,1-5H3,(H,30,32,37)/b24-14-. The topological polar surface area (TPSA) is 92.8 Å². The van der Waals surface area contributed by atoms with Gasteiger partial charge < -0.3 is 4.18 Å². The molecule has 0 radical (unpaired) electrons. The number of hydrogen-bond acceptors (Lipinski definition) is 6. The fourth-order valence-electron chi connectivity index (χ4n) is 4.28. The Morgan fingerprint density at radius 2 is 1.37 bits per heavy atom. The Balaban J connectivity index is 1.61. The number of amides is 2. The smallest absolute Gasteiger partial charge is 0.339 e. The van der Waals surface area contributed by atoms with Crippen molar-refractivity contribution >= 4 is 62.6 Å². The van der Waals surface area contributed by atoms with Gasteiger partial charge in [-0.1, -0.05) is 23.7 Å². The Bertz CT molecular complexity index is 1600. The van der Waals surface area contributed by atoms with E-state index in [1.165, 1.54) is 23.1 Å². The number of anilines is 1. The summed E-state index contributed by atoms with van der Waals surface area (Å²) in [5, 5.41) is 2.97. The Morgan fingerprint density at radius 1 is 0.842 bits per heavy atom. The molecule has 4 rings (SSSR count). The summed E-state index contributed by atoms with van der Waals surface area (Å²) >= 11 is 11.1. The predicted octanol–water partition coefficient (Wildman–Crippen LogP) is 5.48. The third kappa shape index (κ3) is 5.09. The number of hydrogen-bond donors (Lipinski definition) is 1. The summed E-state index contributed by atoms with van der Waals surface area (Å²) in [5.74, 6) is -1.13. The van der Waals surface area contributed by atoms with E-state index in [-0.39, 0.29) is 21.3 Å². The van der Waals surface area contributed by atoms with Crippen LogP contribution in [0.3, 0.4) is 0 Å². The summed E-state index contributed by atoms with van der Waals surface area (Å²) in [7, 11) is -4.11. The molecule has 196 valence electrons. The Labute approximate surface area is 232 Å². The molecule has 1 saturated heterocycles. The Hall–Kier alpha value is -3.53. The molecule has 0 unspecified atom stereocenters. The van der Waals surface area contributed by atoms with Crippen molar-refractivity contribution in [2.24, 2.45) is 0 Å². The lowest BCUT2D eigenvalue weighted by molar-refractivity contribution is -0.122. The normalized spacial score (nSPS) is 15.2. The van der Waals surface area contributed by atoms with E-state index < -0.39 is 21.9 Å². The number of thiocarbonyl (C=S) groups is 1. The molecule has 1 heterocycles. The summed E-state index contributed by atoms with van der Waals surface area (Å²) in [6, 6.07) is 12.5. The number of carbonyl (C=O) groups is 2. The van der Waals surface area contributed by atoms with Crippen LogP contribution < -0.4 is 14.4 Å². The molecule has 0 aliphatic carbocycles. The van der Waals surface area contributed by atoms with E-state index in [4.69, 9.17) is 28.0 Å². The summed E-state index contributed by atoms with van der Waals surface area (Å²) in [6.07, 6.45) is 1.40. The molecule has 10 heteroatoms. The van der Waals surface area contributed by atoms with E-state index in [0.29, 0.717) is 27.4 Å². The second-order valence-corrected chi connectivity index (χ2v) is 11.3. The molecule has 7 nitrogen and oxygen atoms in total. The minimum absolute atomic E-state index is 0.0411. The highest BCUT2D eigenvalue weighted by Crippen LogP contribution is 2.32. The number of benzene rings is 3. The van der Waals surface area contributed by atoms with Crippen LogP contribution in [0.5, 0.6) is 5.75 Å². The fraction of sp³-hybridized carbons (Fsp3) is 0.179. The van der Waals surface area contributed by atoms with E-state index in [9.17, 15) is 18.0 Å². The third-order valence-electron chi connectivity index (χ3n) is 6.76. The molecular weight excluding hydrogens is 544 g/mol. The zero-order valence-corrected chi connectivity index (χ0v) is 23.8. The van der Waals surface area contributed by atoms with Crippen LogP contribution in [-0.2, 0) is 19.7 Å². The van der Waals surface area contributed by atoms with Gasteiger partial charge in [0.2, 0.25) is 0 Å². The summed E-state index contributed by atoms with van der Waals surface area (Å²) < 4.78 is 31.9. The van der Waals surface area contributed by atoms with Crippen molar-refractivity contribution in [3.63, 3.8) is 0 Å². The number of nitrogens with zero attached hydrogens (tertiary/aromatic N) is 1. The zero-order chi connectivity index (χ0) is 27.9. The van der Waals surface area contributed by atoms with Gasteiger partial charge in [-0.2, -0.15) is 8.42 Å². The van der Waals surface area contributed by atoms with Gasteiger partial charge in [-0.25, -0.2) is 0 Å². The van der Waals surface area contributed by atoms with E-state index in [1.807, 2.05) is 20.8 Å². The van der Waals surface area contributed by atoms with Crippen molar-refractivity contribution in [1.29, 1.82) is 0 Å². The van der Waals surface area contributed by atoms with E-state index >= 15 is 0 Å². The van der Waals surface area contributed by atoms with Crippen molar-refractivity contribution < 1.29 is 22.2 Å². The van der Waals surface area contributed by atoms with Crippen LogP contribution in [0, 0.1) is 34.6 Å². The Morgan fingerprint density at radius 3 is 1.92 bits per heavy atom. The average Bonchev–Trinajstić information content (AvgIpc) is 2.86. The van der Waals surface area contributed by atoms with Crippen LogP contribution in [0.1, 0.15) is 33.4 Å². The molecule has 2 amide bonds. The molecule has 3 aromatic rings. The van der Waals surface area contributed by atoms with Crippen LogP contribution in [-0.4, -0.2) is 25.3 Å². The fourth-order valence-corrected chi connectivity index (χ4v) is 6.19. The van der Waals surface area contributed by atoms with Gasteiger partial charge in [0.25, 0.3) is 11.8 Å². The van der Waals surface area contributed by atoms with Crippen LogP contribution >= 0.6 is 23.8 Å². The molecule has 0 bridgehead atoms. The monoisotopic (exact) mass is 568 g/mol. The first-order chi connectivity index (χ1) is 17.8. The van der Waals surface area contributed by atoms with Gasteiger partial charge in [-0.3, -0.25) is 19.8 Å². The highest BCUT2D eigenvalue weighted by Gasteiger charge is 2.34. The summed E-state index contributed by atoms with van der Waals surface area (Å²) in [6.45, 7) is 9.29. The van der Waals surface area contributed by atoms with E-state index in [0.717, 1.165) is 16.7 Å². The number of nitrogens with one attached hydrogen (secondary N) is 1. The number of halogens is 1. The molecule has 38 heavy (non-hydrogen) atoms. The van der Waals surface area contributed by atoms with Gasteiger partial charge in [0, 0.05) is 5.02 Å².